The molecule has 0 saturated heterocycles. The number of anilines is 1. The lowest BCUT2D eigenvalue weighted by atomic mass is 10.4. The van der Waals surface area contributed by atoms with Gasteiger partial charge in [0.15, 0.2) is 0 Å². The van der Waals surface area contributed by atoms with Gasteiger partial charge >= 0.3 is 0 Å². The molecule has 0 aliphatic heterocycles. The summed E-state index contributed by atoms with van der Waals surface area (Å²) >= 11 is 7.57. The van der Waals surface area contributed by atoms with E-state index < -0.39 is 0 Å². The van der Waals surface area contributed by atoms with Gasteiger partial charge in [-0.05, 0) is 24.3 Å². The Balaban J connectivity index is 2.04. The van der Waals surface area contributed by atoms with Crippen molar-refractivity contribution in [3.63, 3.8) is 0 Å². The van der Waals surface area contributed by atoms with Crippen LogP contribution in [0.2, 0.25) is 0 Å². The Hall–Kier alpha value is -0.870. The number of aromatic nitrogens is 2. The maximum atomic E-state index is 5.86. The molecule has 0 amide bonds. The molecule has 3 nitrogen and oxygen atoms in total. The fourth-order valence-electron chi connectivity index (χ4n) is 1.92. The molecule has 0 unspecified atom stereocenters. The van der Waals surface area contributed by atoms with Crippen LogP contribution in [0.1, 0.15) is 12.8 Å². The highest BCUT2D eigenvalue weighted by molar-refractivity contribution is 7.17. The van der Waals surface area contributed by atoms with Crippen LogP contribution < -0.4 is 4.90 Å². The van der Waals surface area contributed by atoms with E-state index in [0.717, 1.165) is 17.9 Å². The van der Waals surface area contributed by atoms with Gasteiger partial charge in [0.2, 0.25) is 0 Å². The minimum Gasteiger partial charge on any atom is -0.351 e. The van der Waals surface area contributed by atoms with Crippen LogP contribution in [0.4, 0.5) is 5.82 Å². The lowest BCUT2D eigenvalue weighted by molar-refractivity contribution is 0.815. The SMILES string of the molecule is ClCCN(c1ncnc2ccsc12)C1CC1. The standard InChI is InChI=1S/C11H12ClN3S/c12-4-5-15(8-1-2-8)11-10-9(3-6-16-10)13-7-14-11/h3,6-8H,1-2,4-5H2. The Kier molecular flexibility index (Phi) is 2.69. The Labute approximate surface area is 103 Å². The summed E-state index contributed by atoms with van der Waals surface area (Å²) in [6.45, 7) is 0.871. The number of nitrogens with zero attached hydrogens (tertiary/aromatic N) is 3. The van der Waals surface area contributed by atoms with Gasteiger partial charge in [0.25, 0.3) is 0 Å². The molecule has 1 aliphatic rings. The third kappa shape index (κ3) is 1.76. The van der Waals surface area contributed by atoms with Gasteiger partial charge in [0.05, 0.1) is 10.2 Å². The summed E-state index contributed by atoms with van der Waals surface area (Å²) in [7, 11) is 0. The van der Waals surface area contributed by atoms with Gasteiger partial charge in [-0.3, -0.25) is 0 Å². The normalized spacial score (nSPS) is 15.6. The van der Waals surface area contributed by atoms with Gasteiger partial charge in [-0.1, -0.05) is 0 Å². The number of halogens is 1. The topological polar surface area (TPSA) is 29.0 Å². The van der Waals surface area contributed by atoms with Crippen molar-refractivity contribution in [3.8, 4) is 0 Å². The number of fused-ring (bicyclic) bond motifs is 1. The van der Waals surface area contributed by atoms with E-state index in [4.69, 9.17) is 11.6 Å². The van der Waals surface area contributed by atoms with E-state index in [1.54, 1.807) is 17.7 Å². The number of hydrogen-bond donors (Lipinski definition) is 0. The number of hydrogen-bond acceptors (Lipinski definition) is 4. The first kappa shape index (κ1) is 10.3. The van der Waals surface area contributed by atoms with Gasteiger partial charge in [-0.15, -0.1) is 22.9 Å². The van der Waals surface area contributed by atoms with Crippen molar-refractivity contribution in [2.75, 3.05) is 17.3 Å². The zero-order valence-electron chi connectivity index (χ0n) is 8.77. The van der Waals surface area contributed by atoms with Crippen molar-refractivity contribution in [2.45, 2.75) is 18.9 Å². The van der Waals surface area contributed by atoms with E-state index in [9.17, 15) is 0 Å². The summed E-state index contributed by atoms with van der Waals surface area (Å²) in [5.41, 5.74) is 1.04. The summed E-state index contributed by atoms with van der Waals surface area (Å²) in [4.78, 5) is 11.0. The lowest BCUT2D eigenvalue weighted by Gasteiger charge is -2.22. The first-order valence-corrected chi connectivity index (χ1v) is 6.82. The lowest BCUT2D eigenvalue weighted by Crippen LogP contribution is -2.28. The summed E-state index contributed by atoms with van der Waals surface area (Å²) in [6, 6.07) is 2.68. The largest absolute Gasteiger partial charge is 0.351 e. The first-order chi connectivity index (χ1) is 7.90. The number of thiophene rings is 1. The molecule has 2 aromatic rings. The van der Waals surface area contributed by atoms with E-state index in [0.29, 0.717) is 11.9 Å². The van der Waals surface area contributed by atoms with E-state index in [-0.39, 0.29) is 0 Å². The van der Waals surface area contributed by atoms with Crippen molar-refractivity contribution in [1.29, 1.82) is 0 Å². The average molecular weight is 254 g/mol. The third-order valence-electron chi connectivity index (χ3n) is 2.81. The molecule has 1 saturated carbocycles. The molecule has 5 heteroatoms. The van der Waals surface area contributed by atoms with Gasteiger partial charge < -0.3 is 4.90 Å². The smallest absolute Gasteiger partial charge is 0.150 e. The van der Waals surface area contributed by atoms with Crippen LogP contribution >= 0.6 is 22.9 Å². The molecule has 3 rings (SSSR count). The average Bonchev–Trinajstić information content (AvgIpc) is 3.02. The van der Waals surface area contributed by atoms with Gasteiger partial charge in [-0.25, -0.2) is 9.97 Å². The fourth-order valence-corrected chi connectivity index (χ4v) is 2.95. The molecular formula is C11H12ClN3S. The fraction of sp³-hybridized carbons (Fsp3) is 0.455. The Bertz CT molecular complexity index is 495. The number of alkyl halides is 1. The van der Waals surface area contributed by atoms with Crippen molar-refractivity contribution in [2.24, 2.45) is 0 Å². The second kappa shape index (κ2) is 4.18. The summed E-state index contributed by atoms with van der Waals surface area (Å²) in [5, 5.41) is 2.06. The van der Waals surface area contributed by atoms with Crippen molar-refractivity contribution < 1.29 is 0 Å². The zero-order chi connectivity index (χ0) is 11.0. The highest BCUT2D eigenvalue weighted by atomic mass is 35.5. The third-order valence-corrected chi connectivity index (χ3v) is 3.88. The Morgan fingerprint density at radius 3 is 3.06 bits per heavy atom. The molecule has 0 N–H and O–H groups in total. The molecule has 2 heterocycles. The van der Waals surface area contributed by atoms with Crippen LogP contribution in [0.15, 0.2) is 17.8 Å². The van der Waals surface area contributed by atoms with E-state index >= 15 is 0 Å². The van der Waals surface area contributed by atoms with Crippen LogP contribution in [-0.4, -0.2) is 28.4 Å². The minimum atomic E-state index is 0.638. The van der Waals surface area contributed by atoms with E-state index in [1.165, 1.54) is 17.5 Å². The molecule has 0 atom stereocenters. The molecular weight excluding hydrogens is 242 g/mol. The van der Waals surface area contributed by atoms with Crippen LogP contribution in [0.25, 0.3) is 10.2 Å². The molecule has 16 heavy (non-hydrogen) atoms. The predicted octanol–water partition coefficient (Wildman–Crippen LogP) is 2.90. The van der Waals surface area contributed by atoms with Crippen LogP contribution in [0.3, 0.4) is 0 Å². The summed E-state index contributed by atoms with van der Waals surface area (Å²) in [6.07, 6.45) is 4.16. The second-order valence-corrected chi connectivity index (χ2v) is 5.24. The Morgan fingerprint density at radius 1 is 1.44 bits per heavy atom. The molecule has 0 radical (unpaired) electrons. The second-order valence-electron chi connectivity index (χ2n) is 3.95. The van der Waals surface area contributed by atoms with Crippen LogP contribution in [-0.2, 0) is 0 Å². The van der Waals surface area contributed by atoms with Crippen molar-refractivity contribution in [3.05, 3.63) is 17.8 Å². The molecule has 0 spiro atoms. The quantitative estimate of drug-likeness (QED) is 0.785. The van der Waals surface area contributed by atoms with Crippen molar-refractivity contribution in [1.82, 2.24) is 9.97 Å². The first-order valence-electron chi connectivity index (χ1n) is 5.41. The molecule has 84 valence electrons. The van der Waals surface area contributed by atoms with E-state index in [2.05, 4.69) is 20.2 Å². The van der Waals surface area contributed by atoms with E-state index in [1.807, 2.05) is 6.07 Å². The minimum absolute atomic E-state index is 0.638. The van der Waals surface area contributed by atoms with Gasteiger partial charge in [0.1, 0.15) is 12.1 Å². The maximum Gasteiger partial charge on any atom is 0.150 e. The molecule has 1 fully saturated rings. The van der Waals surface area contributed by atoms with Gasteiger partial charge in [-0.2, -0.15) is 0 Å². The molecule has 2 aromatic heterocycles. The predicted molar refractivity (Wildman–Crippen MR) is 68.5 cm³/mol. The summed E-state index contributed by atoms with van der Waals surface area (Å²) in [5.74, 6) is 1.70. The molecule has 0 aromatic carbocycles. The highest BCUT2D eigenvalue weighted by Crippen LogP contribution is 2.35. The Morgan fingerprint density at radius 2 is 2.31 bits per heavy atom. The van der Waals surface area contributed by atoms with Crippen molar-refractivity contribution >= 4 is 39.0 Å². The molecule has 0 bridgehead atoms. The maximum absolute atomic E-state index is 5.86. The monoisotopic (exact) mass is 253 g/mol. The van der Waals surface area contributed by atoms with Crippen LogP contribution in [0.5, 0.6) is 0 Å². The summed E-state index contributed by atoms with van der Waals surface area (Å²) < 4.78 is 1.18. The zero-order valence-corrected chi connectivity index (χ0v) is 10.3. The van der Waals surface area contributed by atoms with Crippen LogP contribution in [0, 0.1) is 0 Å². The van der Waals surface area contributed by atoms with Gasteiger partial charge in [0, 0.05) is 18.5 Å². The number of rotatable bonds is 4. The highest BCUT2D eigenvalue weighted by Gasteiger charge is 2.30. The molecule has 1 aliphatic carbocycles.